The molecule has 1 amide bonds. The number of hydrogen-bond donors (Lipinski definition) is 1. The molecule has 1 N–H and O–H groups in total. The third-order valence-corrected chi connectivity index (χ3v) is 5.82. The molecule has 0 fully saturated rings. The van der Waals surface area contributed by atoms with Crippen molar-refractivity contribution in [2.75, 3.05) is 6.54 Å². The van der Waals surface area contributed by atoms with Crippen LogP contribution < -0.4 is 5.32 Å². The highest BCUT2D eigenvalue weighted by atomic mass is 35.5. The smallest absolute Gasteiger partial charge is 0.350 e. The lowest BCUT2D eigenvalue weighted by Crippen LogP contribution is -2.26. The lowest BCUT2D eigenvalue weighted by Gasteiger charge is -2.11. The Morgan fingerprint density at radius 1 is 1.20 bits per heavy atom. The molecule has 30 heavy (non-hydrogen) atoms. The van der Waals surface area contributed by atoms with Gasteiger partial charge in [0.2, 0.25) is 0 Å². The van der Waals surface area contributed by atoms with Gasteiger partial charge in [0.1, 0.15) is 5.69 Å². The van der Waals surface area contributed by atoms with E-state index in [1.54, 1.807) is 18.2 Å². The first-order chi connectivity index (χ1) is 14.3. The van der Waals surface area contributed by atoms with Gasteiger partial charge in [-0.15, -0.1) is 11.3 Å². The molecule has 10 heteroatoms. The zero-order valence-corrected chi connectivity index (χ0v) is 17.6. The average Bonchev–Trinajstić information content (AvgIpc) is 3.37. The van der Waals surface area contributed by atoms with Crippen molar-refractivity contribution in [3.05, 3.63) is 75.9 Å². The first kappa shape index (κ1) is 20.7. The van der Waals surface area contributed by atoms with Gasteiger partial charge in [0.25, 0.3) is 5.91 Å². The van der Waals surface area contributed by atoms with Crippen LogP contribution >= 0.6 is 34.5 Å². The van der Waals surface area contributed by atoms with Gasteiger partial charge in [-0.25, -0.2) is 9.50 Å². The molecular formula is C20H14Cl2F2N4OS. The van der Waals surface area contributed by atoms with Gasteiger partial charge in [0, 0.05) is 17.6 Å². The van der Waals surface area contributed by atoms with Gasteiger partial charge in [-0.1, -0.05) is 35.9 Å². The van der Waals surface area contributed by atoms with Crippen molar-refractivity contribution >= 4 is 46.1 Å². The molecule has 0 saturated heterocycles. The number of nitrogens with zero attached hydrogens (tertiary/aromatic N) is 3. The van der Waals surface area contributed by atoms with Gasteiger partial charge in [0.05, 0.1) is 10.6 Å². The minimum Gasteiger partial charge on any atom is -0.350 e. The van der Waals surface area contributed by atoms with Crippen LogP contribution in [0.5, 0.6) is 0 Å². The minimum absolute atomic E-state index is 0.0350. The Kier molecular flexibility index (Phi) is 5.73. The Labute approximate surface area is 184 Å². The van der Waals surface area contributed by atoms with E-state index in [0.717, 1.165) is 10.1 Å². The molecule has 0 spiro atoms. The summed E-state index contributed by atoms with van der Waals surface area (Å²) in [6.45, 7) is 0.308. The highest BCUT2D eigenvalue weighted by molar-refractivity contribution is 7.13. The molecule has 0 unspecified atom stereocenters. The quantitative estimate of drug-likeness (QED) is 0.388. The number of amides is 1. The van der Waals surface area contributed by atoms with E-state index in [9.17, 15) is 13.6 Å². The van der Waals surface area contributed by atoms with E-state index in [1.807, 2.05) is 23.6 Å². The van der Waals surface area contributed by atoms with Crippen molar-refractivity contribution in [3.63, 3.8) is 0 Å². The van der Waals surface area contributed by atoms with Crippen LogP contribution in [0.1, 0.15) is 21.7 Å². The van der Waals surface area contributed by atoms with E-state index < -0.39 is 17.0 Å². The van der Waals surface area contributed by atoms with Crippen molar-refractivity contribution in [1.29, 1.82) is 0 Å². The first-order valence-corrected chi connectivity index (χ1v) is 10.5. The summed E-state index contributed by atoms with van der Waals surface area (Å²) in [4.78, 5) is 17.6. The van der Waals surface area contributed by atoms with E-state index in [-0.39, 0.29) is 11.3 Å². The Balaban J connectivity index is 1.60. The highest BCUT2D eigenvalue weighted by Gasteiger charge is 2.33. The Morgan fingerprint density at radius 3 is 2.70 bits per heavy atom. The molecule has 4 rings (SSSR count). The summed E-state index contributed by atoms with van der Waals surface area (Å²) in [6.07, 6.45) is 0.518. The molecule has 0 aliphatic carbocycles. The largest absolute Gasteiger partial charge is 0.364 e. The Bertz CT molecular complexity index is 1210. The molecule has 5 nitrogen and oxygen atoms in total. The number of fused-ring (bicyclic) bond motifs is 1. The number of carbonyl (C=O) groups excluding carboxylic acids is 1. The van der Waals surface area contributed by atoms with Gasteiger partial charge in [0.15, 0.2) is 11.3 Å². The second kappa shape index (κ2) is 8.29. The third-order valence-electron chi connectivity index (χ3n) is 4.36. The third kappa shape index (κ3) is 4.30. The lowest BCUT2D eigenvalue weighted by molar-refractivity contribution is 0.0866. The van der Waals surface area contributed by atoms with E-state index in [2.05, 4.69) is 15.4 Å². The molecule has 0 saturated carbocycles. The van der Waals surface area contributed by atoms with Crippen LogP contribution in [-0.4, -0.2) is 27.0 Å². The van der Waals surface area contributed by atoms with E-state index >= 15 is 0 Å². The lowest BCUT2D eigenvalue weighted by atomic mass is 10.1. The molecule has 0 aliphatic rings. The molecule has 0 atom stereocenters. The molecule has 0 radical (unpaired) electrons. The summed E-state index contributed by atoms with van der Waals surface area (Å²) in [5.74, 6) is -0.505. The topological polar surface area (TPSA) is 59.3 Å². The molecule has 0 aliphatic heterocycles. The van der Waals surface area contributed by atoms with Gasteiger partial charge < -0.3 is 5.32 Å². The fourth-order valence-electron chi connectivity index (χ4n) is 2.94. The highest BCUT2D eigenvalue weighted by Crippen LogP contribution is 2.35. The van der Waals surface area contributed by atoms with Crippen LogP contribution in [-0.2, 0) is 11.8 Å². The summed E-state index contributed by atoms with van der Waals surface area (Å²) < 4.78 is 28.9. The van der Waals surface area contributed by atoms with Gasteiger partial charge in [-0.05, 0) is 47.2 Å². The van der Waals surface area contributed by atoms with Crippen LogP contribution in [0.2, 0.25) is 5.02 Å². The maximum atomic E-state index is 14.0. The van der Waals surface area contributed by atoms with Crippen LogP contribution in [0.15, 0.2) is 53.9 Å². The van der Waals surface area contributed by atoms with Gasteiger partial charge >= 0.3 is 5.38 Å². The Hall–Kier alpha value is -2.55. The molecule has 0 bridgehead atoms. The summed E-state index contributed by atoms with van der Waals surface area (Å²) in [5.41, 5.74) is 0.728. The zero-order valence-electron chi connectivity index (χ0n) is 15.3. The fraction of sp³-hybridized carbons (Fsp3) is 0.150. The number of aromatic nitrogens is 3. The number of thiophene rings is 1. The van der Waals surface area contributed by atoms with Crippen molar-refractivity contribution < 1.29 is 13.6 Å². The summed E-state index contributed by atoms with van der Waals surface area (Å²) in [5, 5.41) is 5.46. The number of carbonyl (C=O) groups is 1. The van der Waals surface area contributed by atoms with Crippen LogP contribution in [0.4, 0.5) is 8.78 Å². The maximum Gasteiger partial charge on any atom is 0.364 e. The van der Waals surface area contributed by atoms with E-state index in [0.29, 0.717) is 28.6 Å². The van der Waals surface area contributed by atoms with E-state index in [4.69, 9.17) is 23.2 Å². The summed E-state index contributed by atoms with van der Waals surface area (Å²) in [6, 6.07) is 13.4. The number of rotatable bonds is 6. The van der Waals surface area contributed by atoms with Crippen molar-refractivity contribution in [1.82, 2.24) is 19.9 Å². The molecule has 154 valence electrons. The van der Waals surface area contributed by atoms with Gasteiger partial charge in [-0.2, -0.15) is 13.9 Å². The fourth-order valence-corrected chi connectivity index (χ4v) is 3.99. The maximum absolute atomic E-state index is 14.0. The van der Waals surface area contributed by atoms with Crippen molar-refractivity contribution in [2.24, 2.45) is 0 Å². The molecule has 1 aromatic carbocycles. The summed E-state index contributed by atoms with van der Waals surface area (Å²) in [7, 11) is 0. The SMILES string of the molecule is O=C(NCCc1ccccc1Cl)c1cc2nc(-c3cccs3)cc(C(F)(F)Cl)n2n1. The number of nitrogens with one attached hydrogen (secondary N) is 1. The van der Waals surface area contributed by atoms with Crippen LogP contribution in [0, 0.1) is 0 Å². The molecule has 4 aromatic rings. The zero-order chi connectivity index (χ0) is 21.3. The van der Waals surface area contributed by atoms with Crippen LogP contribution in [0.3, 0.4) is 0 Å². The molecular weight excluding hydrogens is 453 g/mol. The Morgan fingerprint density at radius 2 is 2.00 bits per heavy atom. The van der Waals surface area contributed by atoms with Crippen LogP contribution in [0.25, 0.3) is 16.2 Å². The number of hydrogen-bond acceptors (Lipinski definition) is 4. The molecule has 3 aromatic heterocycles. The monoisotopic (exact) mass is 466 g/mol. The standard InChI is InChI=1S/C20H14Cl2F2N4OS/c21-13-5-2-1-4-12(13)7-8-25-19(29)15-11-18-26-14(16-6-3-9-30-16)10-17(20(22,23)24)28(18)27-15/h1-6,9-11H,7-8H2,(H,25,29). The average molecular weight is 467 g/mol. The second-order valence-electron chi connectivity index (χ2n) is 6.40. The minimum atomic E-state index is -3.68. The molecule has 3 heterocycles. The normalized spacial score (nSPS) is 11.7. The van der Waals surface area contributed by atoms with E-state index in [1.165, 1.54) is 23.5 Å². The second-order valence-corrected chi connectivity index (χ2v) is 8.23. The first-order valence-electron chi connectivity index (χ1n) is 8.86. The van der Waals surface area contributed by atoms with Crippen molar-refractivity contribution in [2.45, 2.75) is 11.8 Å². The van der Waals surface area contributed by atoms with Crippen molar-refractivity contribution in [3.8, 4) is 10.6 Å². The summed E-state index contributed by atoms with van der Waals surface area (Å²) >= 11 is 12.8. The van der Waals surface area contributed by atoms with Gasteiger partial charge in [-0.3, -0.25) is 4.79 Å². The number of halogens is 4. The predicted octanol–water partition coefficient (Wildman–Crippen LogP) is 5.37. The number of benzene rings is 1. The predicted molar refractivity (Wildman–Crippen MR) is 114 cm³/mol. The number of alkyl halides is 3.